The third kappa shape index (κ3) is 4.35. The van der Waals surface area contributed by atoms with E-state index >= 15 is 0 Å². The van der Waals surface area contributed by atoms with Gasteiger partial charge in [-0.25, -0.2) is 0 Å². The normalized spacial score (nSPS) is 12.7. The summed E-state index contributed by atoms with van der Waals surface area (Å²) in [5.41, 5.74) is 0.615. The first-order valence-electron chi connectivity index (χ1n) is 6.77. The molecule has 0 amide bonds. The molecule has 0 aromatic heterocycles. The van der Waals surface area contributed by atoms with E-state index in [1.165, 1.54) is 12.1 Å². The first-order valence-corrected chi connectivity index (χ1v) is 6.77. The lowest BCUT2D eigenvalue weighted by atomic mass is 10.1. The van der Waals surface area contributed by atoms with Crippen LogP contribution in [0, 0.1) is 0 Å². The molecule has 0 heterocycles. The zero-order chi connectivity index (χ0) is 16.2. The number of halogens is 3. The Morgan fingerprint density at radius 3 is 2.18 bits per heavy atom. The maximum Gasteiger partial charge on any atom is 0.416 e. The monoisotopic (exact) mass is 308 g/mol. The lowest BCUT2D eigenvalue weighted by molar-refractivity contribution is -0.147. The Hall–Kier alpha value is -2.30. The van der Waals surface area contributed by atoms with Crippen molar-refractivity contribution < 1.29 is 22.7 Å². The fourth-order valence-electron chi connectivity index (χ4n) is 2.01. The van der Waals surface area contributed by atoms with Gasteiger partial charge in [-0.2, -0.15) is 13.2 Å². The zero-order valence-corrected chi connectivity index (χ0v) is 11.9. The van der Waals surface area contributed by atoms with E-state index in [-0.39, 0.29) is 6.42 Å². The average Bonchev–Trinajstić information content (AvgIpc) is 2.47. The highest BCUT2D eigenvalue weighted by atomic mass is 19.4. The summed E-state index contributed by atoms with van der Waals surface area (Å²) >= 11 is 0. The van der Waals surface area contributed by atoms with Crippen molar-refractivity contribution >= 4 is 5.97 Å². The molecule has 0 aliphatic heterocycles. The Morgan fingerprint density at radius 1 is 1.05 bits per heavy atom. The van der Waals surface area contributed by atoms with E-state index in [0.717, 1.165) is 17.7 Å². The van der Waals surface area contributed by atoms with Gasteiger partial charge in [-0.3, -0.25) is 4.79 Å². The lowest BCUT2D eigenvalue weighted by Gasteiger charge is -2.13. The van der Waals surface area contributed by atoms with Crippen LogP contribution in [0.3, 0.4) is 0 Å². The van der Waals surface area contributed by atoms with E-state index in [4.69, 9.17) is 4.74 Å². The van der Waals surface area contributed by atoms with Gasteiger partial charge in [0.15, 0.2) is 0 Å². The second-order valence-corrected chi connectivity index (χ2v) is 4.91. The Bertz CT molecular complexity index is 619. The summed E-state index contributed by atoms with van der Waals surface area (Å²) in [5.74, 6) is -0.476. The Balaban J connectivity index is 1.95. The molecule has 1 unspecified atom stereocenters. The fourth-order valence-corrected chi connectivity index (χ4v) is 2.01. The minimum absolute atomic E-state index is 0.0602. The largest absolute Gasteiger partial charge is 0.458 e. The highest BCUT2D eigenvalue weighted by Crippen LogP contribution is 2.29. The summed E-state index contributed by atoms with van der Waals surface area (Å²) in [6.45, 7) is 1.75. The number of esters is 1. The summed E-state index contributed by atoms with van der Waals surface area (Å²) in [5, 5.41) is 0. The van der Waals surface area contributed by atoms with Crippen molar-refractivity contribution in [2.45, 2.75) is 25.6 Å². The maximum absolute atomic E-state index is 12.5. The number of hydrogen-bond donors (Lipinski definition) is 0. The standard InChI is InChI=1S/C17H15F3O2/c1-12(14-5-3-2-4-6-14)22-16(21)11-13-7-9-15(10-8-13)17(18,19)20/h2-10,12H,11H2,1H3. The van der Waals surface area contributed by atoms with Gasteiger partial charge in [0.2, 0.25) is 0 Å². The molecule has 0 radical (unpaired) electrons. The van der Waals surface area contributed by atoms with Crippen LogP contribution in [-0.4, -0.2) is 5.97 Å². The van der Waals surface area contributed by atoms with Crippen molar-refractivity contribution in [3.8, 4) is 0 Å². The Morgan fingerprint density at radius 2 is 1.64 bits per heavy atom. The molecule has 0 saturated heterocycles. The van der Waals surface area contributed by atoms with Crippen LogP contribution >= 0.6 is 0 Å². The summed E-state index contributed by atoms with van der Waals surface area (Å²) in [6, 6.07) is 13.7. The number of rotatable bonds is 4. The predicted molar refractivity (Wildman–Crippen MR) is 76.1 cm³/mol. The van der Waals surface area contributed by atoms with Crippen LogP contribution in [0.25, 0.3) is 0 Å². The Labute approximate surface area is 126 Å². The molecule has 2 nitrogen and oxygen atoms in total. The quantitative estimate of drug-likeness (QED) is 0.774. The van der Waals surface area contributed by atoms with E-state index < -0.39 is 23.8 Å². The van der Waals surface area contributed by atoms with Gasteiger partial charge in [-0.05, 0) is 30.2 Å². The average molecular weight is 308 g/mol. The van der Waals surface area contributed by atoms with Crippen LogP contribution in [0.5, 0.6) is 0 Å². The second kappa shape index (κ2) is 6.64. The minimum atomic E-state index is -4.37. The van der Waals surface area contributed by atoms with Gasteiger partial charge in [-0.15, -0.1) is 0 Å². The first-order chi connectivity index (χ1) is 10.4. The number of ether oxygens (including phenoxy) is 1. The highest BCUT2D eigenvalue weighted by molar-refractivity contribution is 5.72. The van der Waals surface area contributed by atoms with Crippen molar-refractivity contribution in [1.82, 2.24) is 0 Å². The van der Waals surface area contributed by atoms with Crippen LogP contribution in [0.4, 0.5) is 13.2 Å². The van der Waals surface area contributed by atoms with Crippen LogP contribution < -0.4 is 0 Å². The molecule has 0 aliphatic rings. The van der Waals surface area contributed by atoms with Gasteiger partial charge in [-0.1, -0.05) is 42.5 Å². The molecule has 0 aliphatic carbocycles. The molecule has 0 spiro atoms. The highest BCUT2D eigenvalue weighted by Gasteiger charge is 2.30. The van der Waals surface area contributed by atoms with Gasteiger partial charge < -0.3 is 4.74 Å². The summed E-state index contributed by atoms with van der Waals surface area (Å²) in [4.78, 5) is 11.8. The molecular formula is C17H15F3O2. The number of alkyl halides is 3. The lowest BCUT2D eigenvalue weighted by Crippen LogP contribution is -2.12. The molecule has 22 heavy (non-hydrogen) atoms. The zero-order valence-electron chi connectivity index (χ0n) is 11.9. The third-order valence-electron chi connectivity index (χ3n) is 3.21. The van der Waals surface area contributed by atoms with Crippen molar-refractivity contribution in [2.75, 3.05) is 0 Å². The second-order valence-electron chi connectivity index (χ2n) is 4.91. The number of carbonyl (C=O) groups excluding carboxylic acids is 1. The molecule has 1 atom stereocenters. The molecule has 2 aromatic carbocycles. The molecule has 0 N–H and O–H groups in total. The van der Waals surface area contributed by atoms with Gasteiger partial charge >= 0.3 is 12.1 Å². The molecule has 5 heteroatoms. The summed E-state index contributed by atoms with van der Waals surface area (Å²) < 4.78 is 42.6. The van der Waals surface area contributed by atoms with E-state index in [1.54, 1.807) is 6.92 Å². The molecule has 2 aromatic rings. The third-order valence-corrected chi connectivity index (χ3v) is 3.21. The van der Waals surface area contributed by atoms with Gasteiger partial charge in [0.1, 0.15) is 6.10 Å². The summed E-state index contributed by atoms with van der Waals surface area (Å²) in [7, 11) is 0. The van der Waals surface area contributed by atoms with E-state index in [2.05, 4.69) is 0 Å². The smallest absolute Gasteiger partial charge is 0.416 e. The van der Waals surface area contributed by atoms with Gasteiger partial charge in [0, 0.05) is 0 Å². The number of carbonyl (C=O) groups is 1. The molecule has 0 saturated carbocycles. The van der Waals surface area contributed by atoms with Crippen LogP contribution in [0.2, 0.25) is 0 Å². The van der Waals surface area contributed by atoms with Crippen LogP contribution in [0.15, 0.2) is 54.6 Å². The van der Waals surface area contributed by atoms with Gasteiger partial charge in [0.05, 0.1) is 12.0 Å². The topological polar surface area (TPSA) is 26.3 Å². The van der Waals surface area contributed by atoms with Crippen LogP contribution in [-0.2, 0) is 22.1 Å². The minimum Gasteiger partial charge on any atom is -0.458 e. The first kappa shape index (κ1) is 16.1. The maximum atomic E-state index is 12.5. The van der Waals surface area contributed by atoms with E-state index in [9.17, 15) is 18.0 Å². The number of benzene rings is 2. The number of hydrogen-bond acceptors (Lipinski definition) is 2. The fraction of sp³-hybridized carbons (Fsp3) is 0.235. The molecule has 116 valence electrons. The van der Waals surface area contributed by atoms with Crippen molar-refractivity contribution in [3.05, 3.63) is 71.3 Å². The molecular weight excluding hydrogens is 293 g/mol. The van der Waals surface area contributed by atoms with Gasteiger partial charge in [0.25, 0.3) is 0 Å². The molecule has 0 bridgehead atoms. The van der Waals surface area contributed by atoms with E-state index in [0.29, 0.717) is 5.56 Å². The van der Waals surface area contributed by atoms with Crippen LogP contribution in [0.1, 0.15) is 29.7 Å². The van der Waals surface area contributed by atoms with Crippen molar-refractivity contribution in [1.29, 1.82) is 0 Å². The van der Waals surface area contributed by atoms with Crippen molar-refractivity contribution in [3.63, 3.8) is 0 Å². The summed E-state index contributed by atoms with van der Waals surface area (Å²) in [6.07, 6.45) is -4.83. The molecule has 0 fully saturated rings. The predicted octanol–water partition coefficient (Wildman–Crippen LogP) is 4.55. The SMILES string of the molecule is CC(OC(=O)Cc1ccc(C(F)(F)F)cc1)c1ccccc1. The van der Waals surface area contributed by atoms with E-state index in [1.807, 2.05) is 30.3 Å². The molecule has 2 rings (SSSR count). The Kier molecular flexibility index (Phi) is 4.85. The van der Waals surface area contributed by atoms with Crippen molar-refractivity contribution in [2.24, 2.45) is 0 Å².